The van der Waals surface area contributed by atoms with Crippen molar-refractivity contribution < 1.29 is 24.2 Å². The number of aliphatic carboxylic acids is 1. The van der Waals surface area contributed by atoms with E-state index in [0.29, 0.717) is 11.3 Å². The summed E-state index contributed by atoms with van der Waals surface area (Å²) >= 11 is 3.28. The van der Waals surface area contributed by atoms with E-state index in [2.05, 4.69) is 15.9 Å². The molecule has 114 valence electrons. The normalized spacial score (nSPS) is 10.0. The summed E-state index contributed by atoms with van der Waals surface area (Å²) in [5.74, 6) is -1.27. The zero-order valence-electron chi connectivity index (χ0n) is 11.8. The van der Waals surface area contributed by atoms with Crippen LogP contribution in [-0.4, -0.2) is 48.4 Å². The molecule has 0 heterocycles. The van der Waals surface area contributed by atoms with E-state index in [9.17, 15) is 14.4 Å². The molecule has 0 radical (unpaired) electrons. The van der Waals surface area contributed by atoms with Gasteiger partial charge >= 0.3 is 5.97 Å². The molecule has 0 bridgehead atoms. The maximum atomic E-state index is 12.1. The number of Topliss-reactive ketones (excluding diaryl/α,β-unsaturated/α-hetero) is 1. The fraction of sp³-hybridized carbons (Fsp3) is 0.357. The van der Waals surface area contributed by atoms with Crippen LogP contribution in [-0.2, 0) is 9.59 Å². The minimum Gasteiger partial charge on any atom is -0.496 e. The molecule has 0 aliphatic carbocycles. The van der Waals surface area contributed by atoms with Crippen LogP contribution in [0.4, 0.5) is 0 Å². The topological polar surface area (TPSA) is 83.9 Å². The number of methoxy groups -OCH3 is 1. The van der Waals surface area contributed by atoms with Gasteiger partial charge < -0.3 is 14.7 Å². The molecule has 0 saturated heterocycles. The monoisotopic (exact) mass is 357 g/mol. The van der Waals surface area contributed by atoms with Crippen LogP contribution in [0, 0.1) is 0 Å². The van der Waals surface area contributed by atoms with E-state index in [4.69, 9.17) is 9.84 Å². The van der Waals surface area contributed by atoms with Crippen molar-refractivity contribution in [2.75, 3.05) is 20.7 Å². The number of ether oxygens (including phenoxy) is 1. The van der Waals surface area contributed by atoms with Gasteiger partial charge in [0.25, 0.3) is 0 Å². The summed E-state index contributed by atoms with van der Waals surface area (Å²) in [6.45, 7) is -0.382. The fourth-order valence-corrected chi connectivity index (χ4v) is 2.10. The number of ketones is 1. The average molecular weight is 358 g/mol. The Morgan fingerprint density at radius 2 is 1.95 bits per heavy atom. The molecule has 1 rings (SSSR count). The summed E-state index contributed by atoms with van der Waals surface area (Å²) in [7, 11) is 2.85. The minimum atomic E-state index is -1.09. The Hall–Kier alpha value is -1.89. The van der Waals surface area contributed by atoms with Crippen molar-refractivity contribution >= 4 is 33.6 Å². The van der Waals surface area contributed by atoms with Gasteiger partial charge in [-0.05, 0) is 18.2 Å². The van der Waals surface area contributed by atoms with E-state index < -0.39 is 5.97 Å². The molecule has 0 aliphatic rings. The number of carboxylic acids is 1. The molecular formula is C14H16BrNO5. The summed E-state index contributed by atoms with van der Waals surface area (Å²) in [4.78, 5) is 35.4. The maximum Gasteiger partial charge on any atom is 0.323 e. The molecule has 0 atom stereocenters. The third-order valence-corrected chi connectivity index (χ3v) is 3.32. The number of likely N-dealkylation sites (N-methyl/N-ethyl adjacent to an activating group) is 1. The molecule has 1 N–H and O–H groups in total. The highest BCUT2D eigenvalue weighted by molar-refractivity contribution is 9.10. The van der Waals surface area contributed by atoms with Crippen LogP contribution in [0.3, 0.4) is 0 Å². The molecule has 1 amide bonds. The van der Waals surface area contributed by atoms with Crippen molar-refractivity contribution in [1.82, 2.24) is 4.90 Å². The van der Waals surface area contributed by atoms with Gasteiger partial charge in [-0.15, -0.1) is 0 Å². The zero-order valence-corrected chi connectivity index (χ0v) is 13.3. The van der Waals surface area contributed by atoms with Gasteiger partial charge in [0.05, 0.1) is 12.7 Å². The largest absolute Gasteiger partial charge is 0.496 e. The second-order valence-corrected chi connectivity index (χ2v) is 5.33. The Kier molecular flexibility index (Phi) is 6.36. The number of carbonyl (C=O) groups is 3. The SMILES string of the molecule is COc1ccc(Br)cc1C(=O)CCC(=O)N(C)CC(=O)O. The Balaban J connectivity index is 2.68. The molecule has 0 fully saturated rings. The Labute approximate surface area is 130 Å². The van der Waals surface area contributed by atoms with E-state index in [0.717, 1.165) is 9.37 Å². The highest BCUT2D eigenvalue weighted by Crippen LogP contribution is 2.24. The number of benzene rings is 1. The summed E-state index contributed by atoms with van der Waals surface area (Å²) in [6, 6.07) is 5.05. The van der Waals surface area contributed by atoms with Crippen LogP contribution in [0.15, 0.2) is 22.7 Å². The number of nitrogens with zero attached hydrogens (tertiary/aromatic N) is 1. The first-order valence-corrected chi connectivity index (χ1v) is 6.97. The van der Waals surface area contributed by atoms with Crippen LogP contribution in [0.25, 0.3) is 0 Å². The molecule has 6 nitrogen and oxygen atoms in total. The molecular weight excluding hydrogens is 342 g/mol. The van der Waals surface area contributed by atoms with Crippen LogP contribution in [0.1, 0.15) is 23.2 Å². The predicted molar refractivity (Wildman–Crippen MR) is 79.5 cm³/mol. The van der Waals surface area contributed by atoms with E-state index in [1.54, 1.807) is 18.2 Å². The predicted octanol–water partition coefficient (Wildman–Crippen LogP) is 1.96. The quantitative estimate of drug-likeness (QED) is 0.754. The van der Waals surface area contributed by atoms with Gasteiger partial charge in [-0.25, -0.2) is 0 Å². The Bertz CT molecular complexity index is 558. The molecule has 1 aromatic carbocycles. The first-order valence-electron chi connectivity index (χ1n) is 6.17. The van der Waals surface area contributed by atoms with Gasteiger partial charge in [-0.2, -0.15) is 0 Å². The van der Waals surface area contributed by atoms with Crippen molar-refractivity contribution in [3.63, 3.8) is 0 Å². The van der Waals surface area contributed by atoms with Crippen molar-refractivity contribution in [3.8, 4) is 5.75 Å². The van der Waals surface area contributed by atoms with Crippen LogP contribution in [0.5, 0.6) is 5.75 Å². The summed E-state index contributed by atoms with van der Waals surface area (Å²) in [5.41, 5.74) is 0.389. The van der Waals surface area contributed by atoms with E-state index >= 15 is 0 Å². The molecule has 0 aromatic heterocycles. The second kappa shape index (κ2) is 7.78. The standard InChI is InChI=1S/C14H16BrNO5/c1-16(8-14(19)20)13(18)6-4-11(17)10-7-9(15)3-5-12(10)21-2/h3,5,7H,4,6,8H2,1-2H3,(H,19,20). The lowest BCUT2D eigenvalue weighted by Crippen LogP contribution is -2.32. The van der Waals surface area contributed by atoms with Gasteiger partial charge in [-0.1, -0.05) is 15.9 Å². The Morgan fingerprint density at radius 1 is 1.29 bits per heavy atom. The smallest absolute Gasteiger partial charge is 0.323 e. The highest BCUT2D eigenvalue weighted by Gasteiger charge is 2.17. The number of halogens is 1. The van der Waals surface area contributed by atoms with E-state index in [-0.39, 0.29) is 31.1 Å². The zero-order chi connectivity index (χ0) is 16.0. The van der Waals surface area contributed by atoms with Crippen LogP contribution in [0.2, 0.25) is 0 Å². The Morgan fingerprint density at radius 3 is 2.52 bits per heavy atom. The van der Waals surface area contributed by atoms with Gasteiger partial charge in [0, 0.05) is 24.4 Å². The van der Waals surface area contributed by atoms with Gasteiger partial charge in [0.2, 0.25) is 5.91 Å². The summed E-state index contributed by atoms with van der Waals surface area (Å²) < 4.78 is 5.85. The van der Waals surface area contributed by atoms with Crippen molar-refractivity contribution in [1.29, 1.82) is 0 Å². The van der Waals surface area contributed by atoms with Gasteiger partial charge in [-0.3, -0.25) is 14.4 Å². The van der Waals surface area contributed by atoms with Crippen molar-refractivity contribution in [2.45, 2.75) is 12.8 Å². The van der Waals surface area contributed by atoms with Crippen LogP contribution >= 0.6 is 15.9 Å². The lowest BCUT2D eigenvalue weighted by molar-refractivity contribution is -0.143. The number of carbonyl (C=O) groups excluding carboxylic acids is 2. The van der Waals surface area contributed by atoms with Crippen molar-refractivity contribution in [3.05, 3.63) is 28.2 Å². The first-order chi connectivity index (χ1) is 9.85. The molecule has 7 heteroatoms. The first kappa shape index (κ1) is 17.2. The van der Waals surface area contributed by atoms with E-state index in [1.165, 1.54) is 14.2 Å². The molecule has 0 aliphatic heterocycles. The number of hydrogen-bond donors (Lipinski definition) is 1. The molecule has 1 aromatic rings. The fourth-order valence-electron chi connectivity index (χ4n) is 1.74. The van der Waals surface area contributed by atoms with Crippen LogP contribution < -0.4 is 4.74 Å². The lowest BCUT2D eigenvalue weighted by atomic mass is 10.1. The lowest BCUT2D eigenvalue weighted by Gasteiger charge is -2.14. The minimum absolute atomic E-state index is 0.00436. The molecule has 0 unspecified atom stereocenters. The van der Waals surface area contributed by atoms with Gasteiger partial charge in [0.15, 0.2) is 5.78 Å². The summed E-state index contributed by atoms with van der Waals surface area (Å²) in [5, 5.41) is 8.60. The number of hydrogen-bond acceptors (Lipinski definition) is 4. The summed E-state index contributed by atoms with van der Waals surface area (Å²) in [6.07, 6.45) is -0.0477. The molecule has 21 heavy (non-hydrogen) atoms. The van der Waals surface area contributed by atoms with Crippen molar-refractivity contribution in [2.24, 2.45) is 0 Å². The molecule has 0 spiro atoms. The third-order valence-electron chi connectivity index (χ3n) is 2.83. The van der Waals surface area contributed by atoms with Gasteiger partial charge in [0.1, 0.15) is 12.3 Å². The number of amides is 1. The maximum absolute atomic E-state index is 12.1. The van der Waals surface area contributed by atoms with E-state index in [1.807, 2.05) is 0 Å². The number of rotatable bonds is 7. The third kappa shape index (κ3) is 5.18. The number of carboxylic acid groups (broad SMARTS) is 1. The molecule has 0 saturated carbocycles. The second-order valence-electron chi connectivity index (χ2n) is 4.41. The average Bonchev–Trinajstić information content (AvgIpc) is 2.43. The highest BCUT2D eigenvalue weighted by atomic mass is 79.9.